The van der Waals surface area contributed by atoms with Crippen molar-refractivity contribution in [2.75, 3.05) is 14.2 Å². The summed E-state index contributed by atoms with van der Waals surface area (Å²) in [6.07, 6.45) is 4.09. The molecule has 0 unspecified atom stereocenters. The van der Waals surface area contributed by atoms with Gasteiger partial charge in [0.1, 0.15) is 5.69 Å². The molecule has 0 aliphatic rings. The van der Waals surface area contributed by atoms with E-state index in [0.717, 1.165) is 0 Å². The summed E-state index contributed by atoms with van der Waals surface area (Å²) in [7, 11) is 2.82. The molecule has 0 saturated carbocycles. The highest BCUT2D eigenvalue weighted by Crippen LogP contribution is 2.35. The highest BCUT2D eigenvalue weighted by atomic mass is 16.6. The van der Waals surface area contributed by atoms with Crippen molar-refractivity contribution in [1.82, 2.24) is 4.98 Å². The minimum atomic E-state index is -0.549. The molecular weight excluding hydrogens is 300 g/mol. The predicted octanol–water partition coefficient (Wildman–Crippen LogP) is 2.90. The van der Waals surface area contributed by atoms with E-state index >= 15 is 0 Å². The summed E-state index contributed by atoms with van der Waals surface area (Å²) in [6, 6.07) is 7.64. The van der Waals surface area contributed by atoms with Gasteiger partial charge in [-0.3, -0.25) is 19.9 Å². The van der Waals surface area contributed by atoms with Crippen LogP contribution in [0.1, 0.15) is 16.1 Å². The Balaban J connectivity index is 2.40. The second kappa shape index (κ2) is 7.17. The van der Waals surface area contributed by atoms with E-state index in [1.165, 1.54) is 44.7 Å². The van der Waals surface area contributed by atoms with Gasteiger partial charge in [-0.05, 0) is 30.4 Å². The standard InChI is InChI=1S/C16H14N2O5/c1-22-15-9-11(13(18(20)21)10-16(15)23-2)6-7-14(19)12-5-3-4-8-17-12/h3-10H,1-2H3/b7-6+. The molecule has 0 N–H and O–H groups in total. The highest BCUT2D eigenvalue weighted by molar-refractivity contribution is 6.05. The highest BCUT2D eigenvalue weighted by Gasteiger charge is 2.18. The summed E-state index contributed by atoms with van der Waals surface area (Å²) in [6.45, 7) is 0. The number of pyridine rings is 1. The molecule has 118 valence electrons. The summed E-state index contributed by atoms with van der Waals surface area (Å²) < 4.78 is 10.2. The molecule has 0 fully saturated rings. The van der Waals surface area contributed by atoms with E-state index in [2.05, 4.69) is 4.98 Å². The van der Waals surface area contributed by atoms with Crippen molar-refractivity contribution >= 4 is 17.5 Å². The Hall–Kier alpha value is -3.22. The van der Waals surface area contributed by atoms with Gasteiger partial charge in [-0.1, -0.05) is 6.07 Å². The Morgan fingerprint density at radius 3 is 2.48 bits per heavy atom. The van der Waals surface area contributed by atoms with E-state index in [1.807, 2.05) is 0 Å². The monoisotopic (exact) mass is 314 g/mol. The molecule has 23 heavy (non-hydrogen) atoms. The smallest absolute Gasteiger partial charge is 0.280 e. The zero-order valence-electron chi connectivity index (χ0n) is 12.6. The van der Waals surface area contributed by atoms with E-state index in [-0.39, 0.29) is 28.5 Å². The third kappa shape index (κ3) is 3.70. The number of rotatable bonds is 6. The lowest BCUT2D eigenvalue weighted by Crippen LogP contribution is -1.99. The maximum Gasteiger partial charge on any atom is 0.280 e. The molecule has 0 spiro atoms. The van der Waals surface area contributed by atoms with Crippen molar-refractivity contribution < 1.29 is 19.2 Å². The van der Waals surface area contributed by atoms with Gasteiger partial charge in [0.15, 0.2) is 11.5 Å². The van der Waals surface area contributed by atoms with Gasteiger partial charge in [0, 0.05) is 6.20 Å². The Kier molecular flexibility index (Phi) is 5.03. The van der Waals surface area contributed by atoms with Crippen molar-refractivity contribution in [2.24, 2.45) is 0 Å². The number of methoxy groups -OCH3 is 2. The average molecular weight is 314 g/mol. The van der Waals surface area contributed by atoms with Crippen LogP contribution < -0.4 is 9.47 Å². The van der Waals surface area contributed by atoms with E-state index in [9.17, 15) is 14.9 Å². The van der Waals surface area contributed by atoms with Crippen LogP contribution in [0, 0.1) is 10.1 Å². The largest absolute Gasteiger partial charge is 0.493 e. The Morgan fingerprint density at radius 2 is 1.91 bits per heavy atom. The number of carbonyl (C=O) groups is 1. The van der Waals surface area contributed by atoms with Crippen LogP contribution >= 0.6 is 0 Å². The number of aromatic nitrogens is 1. The van der Waals surface area contributed by atoms with Crippen LogP contribution in [0.15, 0.2) is 42.6 Å². The molecule has 1 aromatic carbocycles. The maximum atomic E-state index is 12.0. The fraction of sp³-hybridized carbons (Fsp3) is 0.125. The molecule has 0 aliphatic heterocycles. The first kappa shape index (κ1) is 16.2. The second-order valence-corrected chi connectivity index (χ2v) is 4.44. The first-order valence-electron chi connectivity index (χ1n) is 6.60. The fourth-order valence-electron chi connectivity index (χ4n) is 1.93. The zero-order valence-corrected chi connectivity index (χ0v) is 12.6. The maximum absolute atomic E-state index is 12.0. The fourth-order valence-corrected chi connectivity index (χ4v) is 1.93. The molecular formula is C16H14N2O5. The first-order chi connectivity index (χ1) is 11.1. The lowest BCUT2D eigenvalue weighted by Gasteiger charge is -2.08. The number of nitro benzene ring substituents is 1. The van der Waals surface area contributed by atoms with Gasteiger partial charge < -0.3 is 9.47 Å². The van der Waals surface area contributed by atoms with E-state index < -0.39 is 4.92 Å². The molecule has 7 heteroatoms. The molecule has 1 heterocycles. The van der Waals surface area contributed by atoms with Crippen molar-refractivity contribution in [3.63, 3.8) is 0 Å². The first-order valence-corrected chi connectivity index (χ1v) is 6.60. The molecule has 0 amide bonds. The molecule has 1 aromatic heterocycles. The van der Waals surface area contributed by atoms with Gasteiger partial charge in [-0.15, -0.1) is 0 Å². The predicted molar refractivity (Wildman–Crippen MR) is 83.8 cm³/mol. The lowest BCUT2D eigenvalue weighted by atomic mass is 10.1. The minimum absolute atomic E-state index is 0.187. The van der Waals surface area contributed by atoms with Crippen LogP contribution in [0.25, 0.3) is 6.08 Å². The molecule has 2 aromatic rings. The summed E-state index contributed by atoms with van der Waals surface area (Å²) in [5, 5.41) is 11.2. The van der Waals surface area contributed by atoms with Crippen molar-refractivity contribution in [3.05, 3.63) is 64.0 Å². The quantitative estimate of drug-likeness (QED) is 0.352. The topological polar surface area (TPSA) is 91.6 Å². The van der Waals surface area contributed by atoms with E-state index in [1.54, 1.807) is 18.2 Å². The zero-order chi connectivity index (χ0) is 16.8. The van der Waals surface area contributed by atoms with Crippen LogP contribution in [0.4, 0.5) is 5.69 Å². The van der Waals surface area contributed by atoms with Gasteiger partial charge >= 0.3 is 0 Å². The van der Waals surface area contributed by atoms with Gasteiger partial charge in [0.2, 0.25) is 5.78 Å². The third-order valence-electron chi connectivity index (χ3n) is 3.06. The van der Waals surface area contributed by atoms with Gasteiger partial charge in [-0.2, -0.15) is 0 Å². The minimum Gasteiger partial charge on any atom is -0.493 e. The van der Waals surface area contributed by atoms with Crippen LogP contribution in [0.2, 0.25) is 0 Å². The number of allylic oxidation sites excluding steroid dienone is 1. The Bertz CT molecular complexity index is 757. The summed E-state index contributed by atoms with van der Waals surface area (Å²) in [5.74, 6) is 0.227. The van der Waals surface area contributed by atoms with E-state index in [4.69, 9.17) is 9.47 Å². The SMILES string of the molecule is COc1cc(/C=C/C(=O)c2ccccn2)c([N+](=O)[O-])cc1OC. The van der Waals surface area contributed by atoms with Crippen molar-refractivity contribution in [2.45, 2.75) is 0 Å². The summed E-state index contributed by atoms with van der Waals surface area (Å²) in [5.41, 5.74) is 0.302. The molecule has 2 rings (SSSR count). The van der Waals surface area contributed by atoms with Gasteiger partial charge in [0.25, 0.3) is 5.69 Å². The van der Waals surface area contributed by atoms with Crippen molar-refractivity contribution in [1.29, 1.82) is 0 Å². The van der Waals surface area contributed by atoms with Crippen LogP contribution in [-0.4, -0.2) is 29.9 Å². The third-order valence-corrected chi connectivity index (χ3v) is 3.06. The molecule has 7 nitrogen and oxygen atoms in total. The van der Waals surface area contributed by atoms with E-state index in [0.29, 0.717) is 5.75 Å². The number of benzene rings is 1. The summed E-state index contributed by atoms with van der Waals surface area (Å²) >= 11 is 0. The number of nitro groups is 1. The van der Waals surface area contributed by atoms with Crippen LogP contribution in [-0.2, 0) is 0 Å². The Morgan fingerprint density at radius 1 is 1.22 bits per heavy atom. The number of hydrogen-bond donors (Lipinski definition) is 0. The Labute approximate surface area is 132 Å². The normalized spacial score (nSPS) is 10.5. The van der Waals surface area contributed by atoms with Crippen LogP contribution in [0.5, 0.6) is 11.5 Å². The molecule has 0 saturated heterocycles. The molecule has 0 bridgehead atoms. The second-order valence-electron chi connectivity index (χ2n) is 4.44. The number of carbonyl (C=O) groups excluding carboxylic acids is 1. The number of ether oxygens (including phenoxy) is 2. The van der Waals surface area contributed by atoms with Crippen molar-refractivity contribution in [3.8, 4) is 11.5 Å². The van der Waals surface area contributed by atoms with Gasteiger partial charge in [0.05, 0.1) is 30.8 Å². The lowest BCUT2D eigenvalue weighted by molar-refractivity contribution is -0.385. The van der Waals surface area contributed by atoms with Crippen LogP contribution in [0.3, 0.4) is 0 Å². The molecule has 0 radical (unpaired) electrons. The number of nitrogens with zero attached hydrogens (tertiary/aromatic N) is 2. The summed E-state index contributed by atoms with van der Waals surface area (Å²) in [4.78, 5) is 26.6. The molecule has 0 aliphatic carbocycles. The average Bonchev–Trinajstić information content (AvgIpc) is 2.59. The van der Waals surface area contributed by atoms with Gasteiger partial charge in [-0.25, -0.2) is 0 Å². The number of ketones is 1. The number of hydrogen-bond acceptors (Lipinski definition) is 6. The molecule has 0 atom stereocenters.